The van der Waals surface area contributed by atoms with Gasteiger partial charge in [0.1, 0.15) is 0 Å². The first-order chi connectivity index (χ1) is 15.0. The summed E-state index contributed by atoms with van der Waals surface area (Å²) in [5, 5.41) is 15.0. The Morgan fingerprint density at radius 2 is 1.97 bits per heavy atom. The van der Waals surface area contributed by atoms with Gasteiger partial charge >= 0.3 is 0 Å². The third-order valence-electron chi connectivity index (χ3n) is 5.99. The second-order valence-corrected chi connectivity index (χ2v) is 10.2. The lowest BCUT2D eigenvalue weighted by atomic mass is 9.97. The van der Waals surface area contributed by atoms with E-state index in [2.05, 4.69) is 28.5 Å². The number of anilines is 1. The van der Waals surface area contributed by atoms with Gasteiger partial charge in [-0.2, -0.15) is 5.26 Å². The third kappa shape index (κ3) is 4.71. The van der Waals surface area contributed by atoms with Gasteiger partial charge < -0.3 is 5.32 Å². The first-order valence-corrected chi connectivity index (χ1v) is 12.2. The summed E-state index contributed by atoms with van der Waals surface area (Å²) in [6.45, 7) is 3.66. The zero-order chi connectivity index (χ0) is 21.8. The molecule has 1 saturated heterocycles. The van der Waals surface area contributed by atoms with E-state index in [0.717, 1.165) is 47.0 Å². The van der Waals surface area contributed by atoms with E-state index in [1.54, 1.807) is 23.5 Å². The van der Waals surface area contributed by atoms with Crippen LogP contribution in [0.3, 0.4) is 0 Å². The van der Waals surface area contributed by atoms with Crippen molar-refractivity contribution in [2.45, 2.75) is 19.8 Å². The van der Waals surface area contributed by atoms with Crippen molar-refractivity contribution < 1.29 is 8.42 Å². The van der Waals surface area contributed by atoms with E-state index in [1.807, 2.05) is 30.5 Å². The number of pyridine rings is 1. The van der Waals surface area contributed by atoms with Crippen molar-refractivity contribution >= 4 is 26.5 Å². The van der Waals surface area contributed by atoms with Crippen LogP contribution in [-0.2, 0) is 10.0 Å². The molecule has 0 spiro atoms. The SMILES string of the molecule is CCS(=O)(=O)N1CCC(CNc2cc(-c3cccc(C#N)c3)cc3ccncc23)CC1. The van der Waals surface area contributed by atoms with Crippen molar-refractivity contribution in [1.29, 1.82) is 5.26 Å². The molecule has 2 heterocycles. The summed E-state index contributed by atoms with van der Waals surface area (Å²) in [6.07, 6.45) is 5.35. The third-order valence-corrected chi connectivity index (χ3v) is 7.88. The van der Waals surface area contributed by atoms with Crippen LogP contribution in [0.5, 0.6) is 0 Å². The highest BCUT2D eigenvalue weighted by Gasteiger charge is 2.26. The van der Waals surface area contributed by atoms with Gasteiger partial charge in [0.25, 0.3) is 0 Å². The Morgan fingerprint density at radius 1 is 1.16 bits per heavy atom. The summed E-state index contributed by atoms with van der Waals surface area (Å²) < 4.78 is 25.8. The van der Waals surface area contributed by atoms with Crippen molar-refractivity contribution in [3.05, 3.63) is 60.4 Å². The Balaban J connectivity index is 1.54. The number of fused-ring (bicyclic) bond motifs is 1. The number of hydrogen-bond donors (Lipinski definition) is 1. The maximum atomic E-state index is 12.1. The number of nitrogens with zero attached hydrogens (tertiary/aromatic N) is 3. The predicted molar refractivity (Wildman–Crippen MR) is 124 cm³/mol. The fraction of sp³-hybridized carbons (Fsp3) is 0.333. The first kappa shape index (κ1) is 21.3. The summed E-state index contributed by atoms with van der Waals surface area (Å²) in [5.41, 5.74) is 3.68. The Morgan fingerprint density at radius 3 is 2.71 bits per heavy atom. The molecule has 1 aliphatic rings. The van der Waals surface area contributed by atoms with Gasteiger partial charge in [-0.1, -0.05) is 12.1 Å². The number of aromatic nitrogens is 1. The normalized spacial score (nSPS) is 15.6. The number of nitriles is 1. The van der Waals surface area contributed by atoms with Gasteiger partial charge in [-0.15, -0.1) is 0 Å². The van der Waals surface area contributed by atoms with E-state index in [9.17, 15) is 13.7 Å². The Kier molecular flexibility index (Phi) is 6.21. The number of benzene rings is 2. The largest absolute Gasteiger partial charge is 0.384 e. The number of hydrogen-bond acceptors (Lipinski definition) is 5. The molecule has 0 aliphatic carbocycles. The lowest BCUT2D eigenvalue weighted by molar-refractivity contribution is 0.282. The maximum absolute atomic E-state index is 12.1. The fourth-order valence-electron chi connectivity index (χ4n) is 4.11. The minimum Gasteiger partial charge on any atom is -0.384 e. The molecule has 2 aromatic carbocycles. The summed E-state index contributed by atoms with van der Waals surface area (Å²) in [4.78, 5) is 4.29. The molecule has 31 heavy (non-hydrogen) atoms. The van der Waals surface area contributed by atoms with E-state index in [1.165, 1.54) is 0 Å². The molecule has 4 rings (SSSR count). The molecule has 0 atom stereocenters. The molecule has 0 unspecified atom stereocenters. The monoisotopic (exact) mass is 434 g/mol. The average Bonchev–Trinajstić information content (AvgIpc) is 2.82. The van der Waals surface area contributed by atoms with Crippen LogP contribution in [0.15, 0.2) is 54.9 Å². The lowest BCUT2D eigenvalue weighted by Crippen LogP contribution is -2.40. The fourth-order valence-corrected chi connectivity index (χ4v) is 5.24. The molecule has 3 aromatic rings. The molecule has 0 saturated carbocycles. The molecular formula is C24H26N4O2S. The summed E-state index contributed by atoms with van der Waals surface area (Å²) in [7, 11) is -3.10. The topological polar surface area (TPSA) is 86.1 Å². The van der Waals surface area contributed by atoms with Crippen LogP contribution < -0.4 is 5.32 Å². The Hall–Kier alpha value is -2.95. The zero-order valence-corrected chi connectivity index (χ0v) is 18.4. The summed E-state index contributed by atoms with van der Waals surface area (Å²) >= 11 is 0. The number of sulfonamides is 1. The van der Waals surface area contributed by atoms with Crippen molar-refractivity contribution in [3.63, 3.8) is 0 Å². The van der Waals surface area contributed by atoms with Crippen LogP contribution in [-0.4, -0.2) is 43.1 Å². The second-order valence-electron chi connectivity index (χ2n) is 7.94. The predicted octanol–water partition coefficient (Wildman–Crippen LogP) is 4.25. The van der Waals surface area contributed by atoms with Gasteiger partial charge in [-0.05, 0) is 72.5 Å². The molecule has 160 valence electrons. The van der Waals surface area contributed by atoms with Crippen LogP contribution in [0.1, 0.15) is 25.3 Å². The molecular weight excluding hydrogens is 408 g/mol. The molecule has 1 aliphatic heterocycles. The highest BCUT2D eigenvalue weighted by atomic mass is 32.2. The summed E-state index contributed by atoms with van der Waals surface area (Å²) in [5.74, 6) is 0.579. The Labute approximate surface area is 183 Å². The number of rotatable bonds is 6. The highest BCUT2D eigenvalue weighted by Crippen LogP contribution is 2.31. The van der Waals surface area contributed by atoms with E-state index >= 15 is 0 Å². The first-order valence-electron chi connectivity index (χ1n) is 10.6. The van der Waals surface area contributed by atoms with Gasteiger partial charge in [0.15, 0.2) is 0 Å². The van der Waals surface area contributed by atoms with Gasteiger partial charge in [-0.25, -0.2) is 12.7 Å². The van der Waals surface area contributed by atoms with Crippen LogP contribution in [0.2, 0.25) is 0 Å². The van der Waals surface area contributed by atoms with E-state index in [-0.39, 0.29) is 5.75 Å². The molecule has 6 nitrogen and oxygen atoms in total. The van der Waals surface area contributed by atoms with Crippen LogP contribution in [0, 0.1) is 17.2 Å². The maximum Gasteiger partial charge on any atom is 0.213 e. The van der Waals surface area contributed by atoms with Crippen molar-refractivity contribution in [1.82, 2.24) is 9.29 Å². The van der Waals surface area contributed by atoms with Crippen molar-refractivity contribution in [3.8, 4) is 17.2 Å². The minimum atomic E-state index is -3.10. The second kappa shape index (κ2) is 9.04. The molecule has 1 fully saturated rings. The highest BCUT2D eigenvalue weighted by molar-refractivity contribution is 7.89. The van der Waals surface area contributed by atoms with Gasteiger partial charge in [0.2, 0.25) is 10.0 Å². The lowest BCUT2D eigenvalue weighted by Gasteiger charge is -2.31. The van der Waals surface area contributed by atoms with Crippen LogP contribution in [0.4, 0.5) is 5.69 Å². The molecule has 0 radical (unpaired) electrons. The summed E-state index contributed by atoms with van der Waals surface area (Å²) in [6, 6.07) is 16.0. The van der Waals surface area contributed by atoms with E-state index in [0.29, 0.717) is 24.6 Å². The molecule has 0 bridgehead atoms. The molecule has 1 aromatic heterocycles. The number of piperidine rings is 1. The molecule has 1 N–H and O–H groups in total. The van der Waals surface area contributed by atoms with E-state index < -0.39 is 10.0 Å². The quantitative estimate of drug-likeness (QED) is 0.627. The van der Waals surface area contributed by atoms with Gasteiger partial charge in [-0.3, -0.25) is 4.98 Å². The molecule has 7 heteroatoms. The standard InChI is InChI=1S/C24H26N4O2S/c1-2-31(29,30)28-10-7-18(8-11-28)16-27-24-14-22(13-21-6-9-26-17-23(21)24)20-5-3-4-19(12-20)15-25/h3-6,9,12-14,17-18,27H,2,7-8,10-11,16H2,1H3. The van der Waals surface area contributed by atoms with Crippen LogP contribution >= 0.6 is 0 Å². The Bertz CT molecular complexity index is 1230. The molecule has 0 amide bonds. The van der Waals surface area contributed by atoms with Gasteiger partial charge in [0.05, 0.1) is 17.4 Å². The number of nitrogens with one attached hydrogen (secondary N) is 1. The average molecular weight is 435 g/mol. The minimum absolute atomic E-state index is 0.161. The van der Waals surface area contributed by atoms with Gasteiger partial charge in [0, 0.05) is 43.1 Å². The zero-order valence-electron chi connectivity index (χ0n) is 17.6. The van der Waals surface area contributed by atoms with Crippen molar-refractivity contribution in [2.24, 2.45) is 5.92 Å². The van der Waals surface area contributed by atoms with E-state index in [4.69, 9.17) is 0 Å². The smallest absolute Gasteiger partial charge is 0.213 e. The van der Waals surface area contributed by atoms with Crippen molar-refractivity contribution in [2.75, 3.05) is 30.7 Å². The van der Waals surface area contributed by atoms with Crippen LogP contribution in [0.25, 0.3) is 21.9 Å².